The van der Waals surface area contributed by atoms with Crippen molar-refractivity contribution < 1.29 is 19.9 Å². The Kier molecular flexibility index (Phi) is 7.99. The first-order valence-corrected chi connectivity index (χ1v) is 3.50. The van der Waals surface area contributed by atoms with E-state index in [4.69, 9.17) is 16.0 Å². The minimum atomic E-state index is -0.940. The standard InChI is InChI=1S/C5H11NO2.CH4N2O2/c1-3(2)4(6)5(7)8;2-1(4)3-5/h3-4H,6H2,1-2H3,(H,7,8);5H,(H3,2,3,4)/t4-;/m0./s1. The van der Waals surface area contributed by atoms with Gasteiger partial charge < -0.3 is 16.6 Å². The predicted molar refractivity (Wildman–Crippen MR) is 45.0 cm³/mol. The summed E-state index contributed by atoms with van der Waals surface area (Å²) in [5, 5.41) is 15.6. The number of aliphatic carboxylic acids is 1. The van der Waals surface area contributed by atoms with Crippen LogP contribution >= 0.6 is 0 Å². The van der Waals surface area contributed by atoms with Crippen molar-refractivity contribution in [3.63, 3.8) is 0 Å². The van der Waals surface area contributed by atoms with Gasteiger partial charge in [0.05, 0.1) is 0 Å². The normalized spacial score (nSPS) is 11.2. The van der Waals surface area contributed by atoms with Gasteiger partial charge in [-0.3, -0.25) is 10.0 Å². The number of hydroxylamine groups is 1. The highest BCUT2D eigenvalue weighted by molar-refractivity contribution is 5.73. The number of hydrogen-bond acceptors (Lipinski definition) is 4. The van der Waals surface area contributed by atoms with Crippen molar-refractivity contribution in [1.82, 2.24) is 5.48 Å². The van der Waals surface area contributed by atoms with Gasteiger partial charge in [0.15, 0.2) is 0 Å². The average Bonchev–Trinajstić information content (AvgIpc) is 2.03. The van der Waals surface area contributed by atoms with E-state index in [-0.39, 0.29) is 5.92 Å². The number of nitrogens with two attached hydrogens (primary N) is 2. The highest BCUT2D eigenvalue weighted by Gasteiger charge is 2.14. The molecule has 0 rings (SSSR count). The fraction of sp³-hybridized carbons (Fsp3) is 0.667. The molecule has 0 unspecified atom stereocenters. The molecule has 0 aromatic rings. The number of urea groups is 1. The number of carbonyl (C=O) groups excluding carboxylic acids is 1. The van der Waals surface area contributed by atoms with Gasteiger partial charge in [-0.05, 0) is 5.92 Å². The number of carboxylic acids is 1. The Morgan fingerprint density at radius 1 is 1.38 bits per heavy atom. The Labute approximate surface area is 75.7 Å². The van der Waals surface area contributed by atoms with Crippen molar-refractivity contribution in [3.8, 4) is 0 Å². The summed E-state index contributed by atoms with van der Waals surface area (Å²) in [4.78, 5) is 19.2. The second kappa shape index (κ2) is 7.32. The maximum atomic E-state index is 10.0. The second-order valence-corrected chi connectivity index (χ2v) is 2.58. The van der Waals surface area contributed by atoms with Crippen molar-refractivity contribution in [1.29, 1.82) is 0 Å². The summed E-state index contributed by atoms with van der Waals surface area (Å²) in [5.74, 6) is -0.910. The van der Waals surface area contributed by atoms with Crippen molar-refractivity contribution in [2.45, 2.75) is 19.9 Å². The van der Waals surface area contributed by atoms with E-state index in [0.717, 1.165) is 0 Å². The quantitative estimate of drug-likeness (QED) is 0.285. The molecule has 0 aliphatic carbocycles. The molecule has 0 spiro atoms. The first kappa shape index (κ1) is 14.2. The van der Waals surface area contributed by atoms with Crippen LogP contribution in [0.3, 0.4) is 0 Å². The number of rotatable bonds is 2. The van der Waals surface area contributed by atoms with Gasteiger partial charge in [-0.1, -0.05) is 13.8 Å². The molecule has 7 nitrogen and oxygen atoms in total. The van der Waals surface area contributed by atoms with Gasteiger partial charge in [-0.15, -0.1) is 0 Å². The van der Waals surface area contributed by atoms with Crippen LogP contribution in [0.4, 0.5) is 4.79 Å². The van der Waals surface area contributed by atoms with Gasteiger partial charge in [-0.2, -0.15) is 0 Å². The first-order valence-electron chi connectivity index (χ1n) is 3.50. The highest BCUT2D eigenvalue weighted by Crippen LogP contribution is 1.96. The highest BCUT2D eigenvalue weighted by atomic mass is 16.5. The zero-order valence-electron chi connectivity index (χ0n) is 7.52. The number of carboxylic acid groups (broad SMARTS) is 1. The summed E-state index contributed by atoms with van der Waals surface area (Å²) in [6, 6.07) is -1.65. The van der Waals surface area contributed by atoms with Crippen molar-refractivity contribution in [3.05, 3.63) is 0 Å². The van der Waals surface area contributed by atoms with Gasteiger partial charge in [0.25, 0.3) is 0 Å². The molecule has 0 fully saturated rings. The molecule has 0 bridgehead atoms. The number of hydrogen-bond donors (Lipinski definition) is 5. The van der Waals surface area contributed by atoms with Crippen LogP contribution in [0.1, 0.15) is 13.8 Å². The van der Waals surface area contributed by atoms with Crippen LogP contribution in [-0.2, 0) is 4.79 Å². The van der Waals surface area contributed by atoms with E-state index in [1.54, 1.807) is 13.8 Å². The van der Waals surface area contributed by atoms with Crippen molar-refractivity contribution in [2.75, 3.05) is 0 Å². The smallest absolute Gasteiger partial charge is 0.335 e. The molecule has 1 atom stereocenters. The van der Waals surface area contributed by atoms with E-state index in [1.807, 2.05) is 0 Å². The number of carbonyl (C=O) groups is 2. The van der Waals surface area contributed by atoms with Gasteiger partial charge in [-0.25, -0.2) is 10.3 Å². The molecule has 0 radical (unpaired) electrons. The molecule has 0 saturated heterocycles. The molecule has 0 aliphatic rings. The summed E-state index contributed by atoms with van der Waals surface area (Å²) >= 11 is 0. The Morgan fingerprint density at radius 2 is 1.69 bits per heavy atom. The predicted octanol–water partition coefficient (Wildman–Crippen LogP) is -0.902. The Morgan fingerprint density at radius 3 is 1.69 bits per heavy atom. The Bertz CT molecular complexity index is 171. The molecule has 7 heteroatoms. The monoisotopic (exact) mass is 193 g/mol. The van der Waals surface area contributed by atoms with Crippen LogP contribution in [0.5, 0.6) is 0 Å². The molecule has 0 saturated carbocycles. The summed E-state index contributed by atoms with van der Waals surface area (Å²) in [6.45, 7) is 3.55. The maximum Gasteiger partial charge on any atom is 0.335 e. The lowest BCUT2D eigenvalue weighted by Gasteiger charge is -2.07. The fourth-order valence-electron chi connectivity index (χ4n) is 0.285. The van der Waals surface area contributed by atoms with Crippen molar-refractivity contribution >= 4 is 12.0 Å². The van der Waals surface area contributed by atoms with Gasteiger partial charge >= 0.3 is 12.0 Å². The van der Waals surface area contributed by atoms with E-state index in [0.29, 0.717) is 0 Å². The lowest BCUT2D eigenvalue weighted by Crippen LogP contribution is -2.34. The van der Waals surface area contributed by atoms with E-state index in [9.17, 15) is 9.59 Å². The second-order valence-electron chi connectivity index (χ2n) is 2.58. The Balaban J connectivity index is 0. The first-order chi connectivity index (χ1) is 5.82. The molecule has 13 heavy (non-hydrogen) atoms. The lowest BCUT2D eigenvalue weighted by atomic mass is 10.1. The van der Waals surface area contributed by atoms with Gasteiger partial charge in [0, 0.05) is 0 Å². The number of primary amides is 1. The van der Waals surface area contributed by atoms with Gasteiger partial charge in [0.1, 0.15) is 6.04 Å². The van der Waals surface area contributed by atoms with Crippen molar-refractivity contribution in [2.24, 2.45) is 17.4 Å². The SMILES string of the molecule is CC(C)[C@H](N)C(=O)O.NC(=O)NO. The largest absolute Gasteiger partial charge is 0.480 e. The fourth-order valence-corrected chi connectivity index (χ4v) is 0.285. The van der Waals surface area contributed by atoms with E-state index in [2.05, 4.69) is 5.73 Å². The van der Waals surface area contributed by atoms with Crippen LogP contribution in [0.2, 0.25) is 0 Å². The van der Waals surface area contributed by atoms with E-state index >= 15 is 0 Å². The van der Waals surface area contributed by atoms with Crippen LogP contribution in [0.15, 0.2) is 0 Å². The molecular formula is C6H15N3O4. The van der Waals surface area contributed by atoms with Crippen LogP contribution in [-0.4, -0.2) is 28.4 Å². The number of nitrogens with one attached hydrogen (secondary N) is 1. The summed E-state index contributed by atoms with van der Waals surface area (Å²) in [6.07, 6.45) is 0. The third kappa shape index (κ3) is 10.7. The maximum absolute atomic E-state index is 10.0. The minimum Gasteiger partial charge on any atom is -0.480 e. The van der Waals surface area contributed by atoms with Crippen LogP contribution in [0, 0.1) is 5.92 Å². The zero-order chi connectivity index (χ0) is 11.0. The Hall–Kier alpha value is -1.34. The molecule has 0 aromatic carbocycles. The molecule has 78 valence electrons. The lowest BCUT2D eigenvalue weighted by molar-refractivity contribution is -0.139. The third-order valence-electron chi connectivity index (χ3n) is 1.11. The van der Waals surface area contributed by atoms with E-state index < -0.39 is 18.0 Å². The molecule has 7 N–H and O–H groups in total. The topological polar surface area (TPSA) is 139 Å². The summed E-state index contributed by atoms with van der Waals surface area (Å²) in [7, 11) is 0. The summed E-state index contributed by atoms with van der Waals surface area (Å²) in [5.41, 5.74) is 10.6. The molecule has 0 aromatic heterocycles. The molecular weight excluding hydrogens is 178 g/mol. The molecule has 2 amide bonds. The van der Waals surface area contributed by atoms with Gasteiger partial charge in [0.2, 0.25) is 0 Å². The van der Waals surface area contributed by atoms with Crippen LogP contribution < -0.4 is 16.9 Å². The van der Waals surface area contributed by atoms with Crippen LogP contribution in [0.25, 0.3) is 0 Å². The third-order valence-corrected chi connectivity index (χ3v) is 1.11. The molecule has 0 aliphatic heterocycles. The number of amides is 2. The molecule has 0 heterocycles. The minimum absolute atomic E-state index is 0.0208. The van der Waals surface area contributed by atoms with E-state index in [1.165, 1.54) is 5.48 Å². The average molecular weight is 193 g/mol. The summed E-state index contributed by atoms with van der Waals surface area (Å²) < 4.78 is 0. The zero-order valence-corrected chi connectivity index (χ0v) is 7.52.